The summed E-state index contributed by atoms with van der Waals surface area (Å²) in [7, 11) is 0. The van der Waals surface area contributed by atoms with Gasteiger partial charge in [0.05, 0.1) is 0 Å². The molecule has 0 unspecified atom stereocenters. The molecule has 0 aliphatic heterocycles. The average molecular weight is 277 g/mol. The van der Waals surface area contributed by atoms with Crippen molar-refractivity contribution in [2.24, 2.45) is 5.73 Å². The molecular formula is C14H13F2N3O. The first-order chi connectivity index (χ1) is 9.52. The highest BCUT2D eigenvalue weighted by Crippen LogP contribution is 2.17. The first-order valence-electron chi connectivity index (χ1n) is 5.94. The zero-order valence-electron chi connectivity index (χ0n) is 10.8. The van der Waals surface area contributed by atoms with Crippen LogP contribution >= 0.6 is 0 Å². The Morgan fingerprint density at radius 2 is 2.05 bits per heavy atom. The molecule has 3 N–H and O–H groups in total. The van der Waals surface area contributed by atoms with Crippen molar-refractivity contribution in [3.8, 4) is 0 Å². The van der Waals surface area contributed by atoms with Crippen LogP contribution in [0.15, 0.2) is 30.5 Å². The predicted octanol–water partition coefficient (Wildman–Crippen LogP) is 2.38. The highest BCUT2D eigenvalue weighted by atomic mass is 19.1. The zero-order valence-corrected chi connectivity index (χ0v) is 10.8. The molecule has 0 atom stereocenters. The molecule has 0 aliphatic rings. The smallest absolute Gasteiger partial charge is 0.262 e. The standard InChI is InChI=1S/C14H13F2N3O/c1-8-2-4-10(15)12(13(8)16)14(20)19-11-5-3-9(6-17)7-18-11/h2-5,7H,6,17H2,1H3,(H,18,19,20). The first kappa shape index (κ1) is 14.1. The van der Waals surface area contributed by atoms with Crippen LogP contribution in [-0.2, 0) is 6.54 Å². The molecule has 0 bridgehead atoms. The number of aryl methyl sites for hydroxylation is 1. The minimum absolute atomic E-state index is 0.197. The molecule has 0 aliphatic carbocycles. The number of carbonyl (C=O) groups excluding carboxylic acids is 1. The second-order valence-electron chi connectivity index (χ2n) is 4.26. The Morgan fingerprint density at radius 3 is 2.65 bits per heavy atom. The summed E-state index contributed by atoms with van der Waals surface area (Å²) >= 11 is 0. The Kier molecular flexibility index (Phi) is 4.05. The van der Waals surface area contributed by atoms with Crippen LogP contribution in [0.5, 0.6) is 0 Å². The van der Waals surface area contributed by atoms with Gasteiger partial charge in [0.1, 0.15) is 23.0 Å². The molecule has 0 saturated heterocycles. The fraction of sp³-hybridized carbons (Fsp3) is 0.143. The van der Waals surface area contributed by atoms with E-state index in [2.05, 4.69) is 10.3 Å². The first-order valence-corrected chi connectivity index (χ1v) is 5.94. The Bertz CT molecular complexity index is 642. The van der Waals surface area contributed by atoms with E-state index in [1.165, 1.54) is 25.3 Å². The van der Waals surface area contributed by atoms with Gasteiger partial charge in [-0.3, -0.25) is 4.79 Å². The third-order valence-corrected chi connectivity index (χ3v) is 2.81. The monoisotopic (exact) mass is 277 g/mol. The molecular weight excluding hydrogens is 264 g/mol. The number of benzene rings is 1. The zero-order chi connectivity index (χ0) is 14.7. The summed E-state index contributed by atoms with van der Waals surface area (Å²) in [5.74, 6) is -2.46. The lowest BCUT2D eigenvalue weighted by Gasteiger charge is -2.08. The molecule has 2 rings (SSSR count). The van der Waals surface area contributed by atoms with E-state index in [0.717, 1.165) is 11.6 Å². The average Bonchev–Trinajstić information content (AvgIpc) is 2.44. The number of nitrogens with zero attached hydrogens (tertiary/aromatic N) is 1. The molecule has 20 heavy (non-hydrogen) atoms. The number of carbonyl (C=O) groups is 1. The molecule has 2 aromatic rings. The van der Waals surface area contributed by atoms with Crippen LogP contribution in [0.4, 0.5) is 14.6 Å². The van der Waals surface area contributed by atoms with Gasteiger partial charge in [0.2, 0.25) is 0 Å². The van der Waals surface area contributed by atoms with E-state index < -0.39 is 23.1 Å². The van der Waals surface area contributed by atoms with Crippen molar-refractivity contribution in [2.45, 2.75) is 13.5 Å². The number of anilines is 1. The number of aromatic nitrogens is 1. The van der Waals surface area contributed by atoms with Crippen LogP contribution in [0.2, 0.25) is 0 Å². The number of nitrogens with two attached hydrogens (primary N) is 1. The summed E-state index contributed by atoms with van der Waals surface area (Å²) in [6.45, 7) is 1.78. The van der Waals surface area contributed by atoms with Gasteiger partial charge in [0.25, 0.3) is 5.91 Å². The molecule has 1 aromatic heterocycles. The Hall–Kier alpha value is -2.34. The summed E-state index contributed by atoms with van der Waals surface area (Å²) in [6, 6.07) is 5.52. The number of amides is 1. The number of rotatable bonds is 3. The third-order valence-electron chi connectivity index (χ3n) is 2.81. The van der Waals surface area contributed by atoms with Crippen molar-refractivity contribution in [1.29, 1.82) is 0 Å². The van der Waals surface area contributed by atoms with Crippen molar-refractivity contribution < 1.29 is 13.6 Å². The van der Waals surface area contributed by atoms with Gasteiger partial charge in [0.15, 0.2) is 0 Å². The SMILES string of the molecule is Cc1ccc(F)c(C(=O)Nc2ccc(CN)cn2)c1F. The van der Waals surface area contributed by atoms with Crippen LogP contribution in [0.3, 0.4) is 0 Å². The maximum atomic E-state index is 13.8. The number of hydrogen-bond donors (Lipinski definition) is 2. The van der Waals surface area contributed by atoms with E-state index in [9.17, 15) is 13.6 Å². The van der Waals surface area contributed by atoms with E-state index >= 15 is 0 Å². The van der Waals surface area contributed by atoms with E-state index in [0.29, 0.717) is 6.54 Å². The van der Waals surface area contributed by atoms with Crippen molar-refractivity contribution in [1.82, 2.24) is 4.98 Å². The van der Waals surface area contributed by atoms with Gasteiger partial charge in [-0.15, -0.1) is 0 Å². The van der Waals surface area contributed by atoms with Crippen LogP contribution in [0.1, 0.15) is 21.5 Å². The van der Waals surface area contributed by atoms with Gasteiger partial charge >= 0.3 is 0 Å². The molecule has 104 valence electrons. The molecule has 0 saturated carbocycles. The minimum atomic E-state index is -0.913. The highest BCUT2D eigenvalue weighted by Gasteiger charge is 2.19. The molecule has 4 nitrogen and oxygen atoms in total. The van der Waals surface area contributed by atoms with Gasteiger partial charge in [0, 0.05) is 12.7 Å². The summed E-state index contributed by atoms with van der Waals surface area (Å²) in [5.41, 5.74) is 5.79. The number of halogens is 2. The predicted molar refractivity (Wildman–Crippen MR) is 71.2 cm³/mol. The Balaban J connectivity index is 2.26. The van der Waals surface area contributed by atoms with Crippen molar-refractivity contribution in [3.63, 3.8) is 0 Å². The van der Waals surface area contributed by atoms with E-state index in [1.54, 1.807) is 6.07 Å². The number of hydrogen-bond acceptors (Lipinski definition) is 3. The van der Waals surface area contributed by atoms with Crippen LogP contribution < -0.4 is 11.1 Å². The Labute approximate surface area is 114 Å². The van der Waals surface area contributed by atoms with Crippen LogP contribution in [0, 0.1) is 18.6 Å². The van der Waals surface area contributed by atoms with Gasteiger partial charge < -0.3 is 11.1 Å². The van der Waals surface area contributed by atoms with Crippen molar-refractivity contribution in [3.05, 3.63) is 58.8 Å². The molecule has 0 spiro atoms. The minimum Gasteiger partial charge on any atom is -0.326 e. The summed E-state index contributed by atoms with van der Waals surface area (Å²) < 4.78 is 27.4. The molecule has 1 heterocycles. The molecule has 0 fully saturated rings. The summed E-state index contributed by atoms with van der Waals surface area (Å²) in [4.78, 5) is 15.8. The van der Waals surface area contributed by atoms with Crippen LogP contribution in [0.25, 0.3) is 0 Å². The number of nitrogens with one attached hydrogen (secondary N) is 1. The quantitative estimate of drug-likeness (QED) is 0.905. The normalized spacial score (nSPS) is 10.4. The largest absolute Gasteiger partial charge is 0.326 e. The highest BCUT2D eigenvalue weighted by molar-refractivity contribution is 6.04. The lowest BCUT2D eigenvalue weighted by molar-refractivity contribution is 0.101. The second kappa shape index (κ2) is 5.75. The molecule has 1 amide bonds. The molecule has 1 aromatic carbocycles. The third kappa shape index (κ3) is 2.80. The lowest BCUT2D eigenvalue weighted by Crippen LogP contribution is -2.17. The maximum Gasteiger partial charge on any atom is 0.262 e. The summed E-state index contributed by atoms with van der Waals surface area (Å²) in [5, 5.41) is 2.35. The Morgan fingerprint density at radius 1 is 1.30 bits per heavy atom. The second-order valence-corrected chi connectivity index (χ2v) is 4.26. The van der Waals surface area contributed by atoms with E-state index in [1.807, 2.05) is 0 Å². The molecule has 0 radical (unpaired) electrons. The number of pyridine rings is 1. The lowest BCUT2D eigenvalue weighted by atomic mass is 10.1. The maximum absolute atomic E-state index is 13.8. The van der Waals surface area contributed by atoms with Gasteiger partial charge in [-0.25, -0.2) is 13.8 Å². The van der Waals surface area contributed by atoms with E-state index in [4.69, 9.17) is 5.73 Å². The van der Waals surface area contributed by atoms with Crippen LogP contribution in [-0.4, -0.2) is 10.9 Å². The fourth-order valence-electron chi connectivity index (χ4n) is 1.66. The molecule has 6 heteroatoms. The van der Waals surface area contributed by atoms with Crippen molar-refractivity contribution in [2.75, 3.05) is 5.32 Å². The van der Waals surface area contributed by atoms with E-state index in [-0.39, 0.29) is 11.4 Å². The van der Waals surface area contributed by atoms with Gasteiger partial charge in [-0.2, -0.15) is 0 Å². The fourth-order valence-corrected chi connectivity index (χ4v) is 1.66. The van der Waals surface area contributed by atoms with Gasteiger partial charge in [-0.05, 0) is 30.2 Å². The van der Waals surface area contributed by atoms with Crippen molar-refractivity contribution >= 4 is 11.7 Å². The summed E-state index contributed by atoms with van der Waals surface area (Å²) in [6.07, 6.45) is 1.48. The van der Waals surface area contributed by atoms with Gasteiger partial charge in [-0.1, -0.05) is 12.1 Å². The topological polar surface area (TPSA) is 68.0 Å².